The number of benzene rings is 1. The quantitative estimate of drug-likeness (QED) is 0.769. The normalized spacial score (nSPS) is 10.5. The van der Waals surface area contributed by atoms with Gasteiger partial charge in [-0.3, -0.25) is 0 Å². The Morgan fingerprint density at radius 1 is 1.26 bits per heavy atom. The molecule has 0 aliphatic carbocycles. The Balaban J connectivity index is 2.40. The molecular formula is C16H18O2S. The van der Waals surface area contributed by atoms with Gasteiger partial charge in [0.15, 0.2) is 0 Å². The molecule has 0 saturated heterocycles. The van der Waals surface area contributed by atoms with Crippen LogP contribution >= 0.6 is 11.3 Å². The molecule has 0 fully saturated rings. The van der Waals surface area contributed by atoms with Crippen molar-refractivity contribution in [3.05, 3.63) is 45.6 Å². The van der Waals surface area contributed by atoms with Gasteiger partial charge in [-0.05, 0) is 35.4 Å². The summed E-state index contributed by atoms with van der Waals surface area (Å²) in [6.07, 6.45) is 2.23. The van der Waals surface area contributed by atoms with Crippen LogP contribution in [0.3, 0.4) is 0 Å². The Morgan fingerprint density at radius 3 is 2.53 bits per heavy atom. The molecule has 0 N–H and O–H groups in total. The van der Waals surface area contributed by atoms with Crippen LogP contribution in [0.1, 0.15) is 34.1 Å². The molecule has 100 valence electrons. The van der Waals surface area contributed by atoms with Crippen molar-refractivity contribution in [1.29, 1.82) is 0 Å². The second-order valence-corrected chi connectivity index (χ2v) is 5.44. The van der Waals surface area contributed by atoms with Gasteiger partial charge in [-0.1, -0.05) is 37.6 Å². The van der Waals surface area contributed by atoms with E-state index >= 15 is 0 Å². The minimum atomic E-state index is -0.259. The van der Waals surface area contributed by atoms with Crippen molar-refractivity contribution in [2.75, 3.05) is 7.11 Å². The fourth-order valence-electron chi connectivity index (χ4n) is 2.17. The Bertz CT molecular complexity index is 567. The van der Waals surface area contributed by atoms with E-state index in [-0.39, 0.29) is 5.97 Å². The molecular weight excluding hydrogens is 256 g/mol. The lowest BCUT2D eigenvalue weighted by Crippen LogP contribution is -2.00. The van der Waals surface area contributed by atoms with E-state index in [2.05, 4.69) is 31.2 Å². The van der Waals surface area contributed by atoms with Gasteiger partial charge < -0.3 is 4.74 Å². The van der Waals surface area contributed by atoms with Crippen LogP contribution in [0.25, 0.3) is 11.1 Å². The predicted molar refractivity (Wildman–Crippen MR) is 79.8 cm³/mol. The topological polar surface area (TPSA) is 26.3 Å². The van der Waals surface area contributed by atoms with Crippen LogP contribution in [-0.2, 0) is 11.2 Å². The molecule has 0 spiro atoms. The highest BCUT2D eigenvalue weighted by Crippen LogP contribution is 2.33. The van der Waals surface area contributed by atoms with Crippen LogP contribution in [0.5, 0.6) is 0 Å². The largest absolute Gasteiger partial charge is 0.465 e. The minimum Gasteiger partial charge on any atom is -0.465 e. The van der Waals surface area contributed by atoms with E-state index in [0.29, 0.717) is 4.88 Å². The predicted octanol–water partition coefficient (Wildman–Crippen LogP) is 4.46. The standard InChI is InChI=1S/C16H18O2S/c1-4-5-12-6-8-13(9-7-12)14-11(2)10-19-15(14)16(17)18-3/h6-10H,4-5H2,1-3H3. The third kappa shape index (κ3) is 2.87. The second kappa shape index (κ2) is 6.02. The van der Waals surface area contributed by atoms with Crippen LogP contribution < -0.4 is 0 Å². The highest BCUT2D eigenvalue weighted by Gasteiger charge is 2.17. The number of esters is 1. The van der Waals surface area contributed by atoms with Gasteiger partial charge in [-0.25, -0.2) is 4.79 Å². The Labute approximate surface area is 118 Å². The number of thiophene rings is 1. The molecule has 0 unspecified atom stereocenters. The molecule has 3 heteroatoms. The lowest BCUT2D eigenvalue weighted by atomic mass is 10.00. The molecule has 2 aromatic rings. The first-order chi connectivity index (χ1) is 9.17. The van der Waals surface area contributed by atoms with Crippen molar-refractivity contribution in [1.82, 2.24) is 0 Å². The average molecular weight is 274 g/mol. The molecule has 0 radical (unpaired) electrons. The summed E-state index contributed by atoms with van der Waals surface area (Å²) in [7, 11) is 1.42. The highest BCUT2D eigenvalue weighted by molar-refractivity contribution is 7.12. The summed E-state index contributed by atoms with van der Waals surface area (Å²) in [5.41, 5.74) is 4.53. The fourth-order valence-corrected chi connectivity index (χ4v) is 3.16. The lowest BCUT2D eigenvalue weighted by Gasteiger charge is -2.06. The molecule has 1 heterocycles. The highest BCUT2D eigenvalue weighted by atomic mass is 32.1. The van der Waals surface area contributed by atoms with Crippen LogP contribution in [0.15, 0.2) is 29.6 Å². The number of hydrogen-bond acceptors (Lipinski definition) is 3. The van der Waals surface area contributed by atoms with Gasteiger partial charge in [-0.2, -0.15) is 0 Å². The van der Waals surface area contributed by atoms with Gasteiger partial charge in [0.05, 0.1) is 7.11 Å². The molecule has 0 amide bonds. The number of rotatable bonds is 4. The molecule has 1 aromatic carbocycles. The second-order valence-electron chi connectivity index (χ2n) is 4.56. The van der Waals surface area contributed by atoms with E-state index in [1.54, 1.807) is 0 Å². The summed E-state index contributed by atoms with van der Waals surface area (Å²) in [6.45, 7) is 4.20. The first kappa shape index (κ1) is 13.8. The van der Waals surface area contributed by atoms with E-state index in [1.165, 1.54) is 24.0 Å². The summed E-state index contributed by atoms with van der Waals surface area (Å²) >= 11 is 1.44. The molecule has 2 rings (SSSR count). The average Bonchev–Trinajstić information content (AvgIpc) is 2.81. The number of carbonyl (C=O) groups is 1. The fraction of sp³-hybridized carbons (Fsp3) is 0.312. The van der Waals surface area contributed by atoms with E-state index < -0.39 is 0 Å². The van der Waals surface area contributed by atoms with Crippen LogP contribution in [-0.4, -0.2) is 13.1 Å². The van der Waals surface area contributed by atoms with Gasteiger partial charge in [0.2, 0.25) is 0 Å². The van der Waals surface area contributed by atoms with E-state index in [0.717, 1.165) is 29.5 Å². The van der Waals surface area contributed by atoms with Gasteiger partial charge in [0.25, 0.3) is 0 Å². The van der Waals surface area contributed by atoms with Crippen molar-refractivity contribution >= 4 is 17.3 Å². The zero-order chi connectivity index (χ0) is 13.8. The molecule has 0 aliphatic rings. The minimum absolute atomic E-state index is 0.259. The van der Waals surface area contributed by atoms with E-state index in [1.807, 2.05) is 12.3 Å². The zero-order valence-corrected chi connectivity index (χ0v) is 12.3. The van der Waals surface area contributed by atoms with Gasteiger partial charge >= 0.3 is 5.97 Å². The lowest BCUT2D eigenvalue weighted by molar-refractivity contribution is 0.0607. The Morgan fingerprint density at radius 2 is 1.95 bits per heavy atom. The van der Waals surface area contributed by atoms with Crippen molar-refractivity contribution in [3.63, 3.8) is 0 Å². The number of hydrogen-bond donors (Lipinski definition) is 0. The van der Waals surface area contributed by atoms with Crippen molar-refractivity contribution in [2.45, 2.75) is 26.7 Å². The molecule has 0 atom stereocenters. The maximum atomic E-state index is 11.8. The first-order valence-corrected chi connectivity index (χ1v) is 7.31. The van der Waals surface area contributed by atoms with E-state index in [4.69, 9.17) is 4.74 Å². The molecule has 0 bridgehead atoms. The smallest absolute Gasteiger partial charge is 0.348 e. The van der Waals surface area contributed by atoms with Gasteiger partial charge in [0.1, 0.15) is 4.88 Å². The SMILES string of the molecule is CCCc1ccc(-c2c(C)csc2C(=O)OC)cc1. The van der Waals surface area contributed by atoms with Gasteiger partial charge in [-0.15, -0.1) is 11.3 Å². The third-order valence-electron chi connectivity index (χ3n) is 3.13. The number of carbonyl (C=O) groups excluding carboxylic acids is 1. The maximum absolute atomic E-state index is 11.8. The number of aryl methyl sites for hydroxylation is 2. The zero-order valence-electron chi connectivity index (χ0n) is 11.5. The van der Waals surface area contributed by atoms with Crippen LogP contribution in [0.2, 0.25) is 0 Å². The van der Waals surface area contributed by atoms with Crippen molar-refractivity contribution < 1.29 is 9.53 Å². The van der Waals surface area contributed by atoms with Gasteiger partial charge in [0, 0.05) is 5.56 Å². The summed E-state index contributed by atoms with van der Waals surface area (Å²) < 4.78 is 4.85. The Kier molecular flexibility index (Phi) is 4.38. The summed E-state index contributed by atoms with van der Waals surface area (Å²) in [4.78, 5) is 12.5. The van der Waals surface area contributed by atoms with Crippen molar-refractivity contribution in [2.24, 2.45) is 0 Å². The van der Waals surface area contributed by atoms with Crippen LogP contribution in [0.4, 0.5) is 0 Å². The third-order valence-corrected chi connectivity index (χ3v) is 4.20. The number of methoxy groups -OCH3 is 1. The molecule has 1 aromatic heterocycles. The van der Waals surface area contributed by atoms with Crippen molar-refractivity contribution in [3.8, 4) is 11.1 Å². The number of ether oxygens (including phenoxy) is 1. The Hall–Kier alpha value is -1.61. The summed E-state index contributed by atoms with van der Waals surface area (Å²) in [5.74, 6) is -0.259. The van der Waals surface area contributed by atoms with Crippen LogP contribution in [0, 0.1) is 6.92 Å². The molecule has 2 nitrogen and oxygen atoms in total. The summed E-state index contributed by atoms with van der Waals surface area (Å²) in [6, 6.07) is 8.45. The monoisotopic (exact) mass is 274 g/mol. The van der Waals surface area contributed by atoms with E-state index in [9.17, 15) is 4.79 Å². The molecule has 0 aliphatic heterocycles. The maximum Gasteiger partial charge on any atom is 0.348 e. The first-order valence-electron chi connectivity index (χ1n) is 6.43. The molecule has 0 saturated carbocycles. The molecule has 19 heavy (non-hydrogen) atoms. The summed E-state index contributed by atoms with van der Waals surface area (Å²) in [5, 5.41) is 2.00.